The summed E-state index contributed by atoms with van der Waals surface area (Å²) in [7, 11) is 1.93. The van der Waals surface area contributed by atoms with Crippen LogP contribution >= 0.6 is 23.2 Å². The van der Waals surface area contributed by atoms with Crippen LogP contribution in [0.15, 0.2) is 22.3 Å². The largest absolute Gasteiger partial charge is 0.374 e. The third-order valence-corrected chi connectivity index (χ3v) is 1.47. The first-order valence-electron chi connectivity index (χ1n) is 2.62. The molecule has 3 heteroatoms. The Morgan fingerprint density at radius 1 is 1.56 bits per heavy atom. The van der Waals surface area contributed by atoms with Gasteiger partial charge in [0.25, 0.3) is 0 Å². The van der Waals surface area contributed by atoms with Crippen molar-refractivity contribution in [1.29, 1.82) is 0 Å². The molecule has 0 bridgehead atoms. The lowest BCUT2D eigenvalue weighted by atomic mass is 10.4. The van der Waals surface area contributed by atoms with E-state index in [1.165, 1.54) is 0 Å². The molecular weight excluding hydrogens is 157 g/mol. The van der Waals surface area contributed by atoms with Crippen molar-refractivity contribution >= 4 is 23.2 Å². The van der Waals surface area contributed by atoms with E-state index < -0.39 is 0 Å². The zero-order valence-corrected chi connectivity index (χ0v) is 6.58. The van der Waals surface area contributed by atoms with Gasteiger partial charge < -0.3 is 4.90 Å². The van der Waals surface area contributed by atoms with Gasteiger partial charge in [0.15, 0.2) is 0 Å². The van der Waals surface area contributed by atoms with Gasteiger partial charge in [0.2, 0.25) is 0 Å². The molecule has 50 valence electrons. The average molecular weight is 164 g/mol. The molecule has 0 atom stereocenters. The van der Waals surface area contributed by atoms with E-state index >= 15 is 0 Å². The average Bonchev–Trinajstić information content (AvgIpc) is 1.59. The number of nitrogens with zero attached hydrogens (tertiary/aromatic N) is 1. The summed E-state index contributed by atoms with van der Waals surface area (Å²) in [6.45, 7) is 0.762. The topological polar surface area (TPSA) is 3.24 Å². The molecule has 0 aromatic rings. The minimum atomic E-state index is 0.689. The third-order valence-electron chi connectivity index (χ3n) is 1.04. The maximum absolute atomic E-state index is 5.70. The fourth-order valence-electron chi connectivity index (χ4n) is 0.727. The first-order chi connectivity index (χ1) is 4.18. The summed E-state index contributed by atoms with van der Waals surface area (Å²) in [4.78, 5) is 1.94. The molecule has 0 fully saturated rings. The van der Waals surface area contributed by atoms with Gasteiger partial charge in [0.1, 0.15) is 0 Å². The Bertz CT molecular complexity index is 172. The third kappa shape index (κ3) is 1.92. The van der Waals surface area contributed by atoms with E-state index in [-0.39, 0.29) is 0 Å². The maximum atomic E-state index is 5.70. The van der Waals surface area contributed by atoms with E-state index in [0.717, 1.165) is 11.6 Å². The molecule has 0 N–H and O–H groups in total. The monoisotopic (exact) mass is 163 g/mol. The summed E-state index contributed by atoms with van der Waals surface area (Å²) in [5.74, 6) is 0. The minimum absolute atomic E-state index is 0.689. The highest BCUT2D eigenvalue weighted by molar-refractivity contribution is 6.35. The standard InChI is InChI=1S/C6H7Cl2N/c1-9-3-5(7)2-6(8)4-9/h2-3H,4H2,1H3. The maximum Gasteiger partial charge on any atom is 0.0576 e. The van der Waals surface area contributed by atoms with Gasteiger partial charge in [0, 0.05) is 18.3 Å². The first-order valence-corrected chi connectivity index (χ1v) is 3.38. The van der Waals surface area contributed by atoms with E-state index in [9.17, 15) is 0 Å². The lowest BCUT2D eigenvalue weighted by Gasteiger charge is -2.17. The van der Waals surface area contributed by atoms with E-state index in [4.69, 9.17) is 23.2 Å². The number of hydrogen-bond donors (Lipinski definition) is 0. The number of halogens is 2. The molecule has 0 aromatic heterocycles. The SMILES string of the molecule is CN1C=C(Cl)C=C(Cl)C1. The molecule has 0 saturated heterocycles. The van der Waals surface area contributed by atoms with Gasteiger partial charge in [-0.1, -0.05) is 23.2 Å². The lowest BCUT2D eigenvalue weighted by molar-refractivity contribution is 0.499. The van der Waals surface area contributed by atoms with Crippen LogP contribution in [0.25, 0.3) is 0 Å². The van der Waals surface area contributed by atoms with Gasteiger partial charge in [-0.3, -0.25) is 0 Å². The Labute approximate surface area is 64.5 Å². The van der Waals surface area contributed by atoms with Gasteiger partial charge in [-0.2, -0.15) is 0 Å². The van der Waals surface area contributed by atoms with Crippen LogP contribution in [0.2, 0.25) is 0 Å². The van der Waals surface area contributed by atoms with E-state index in [1.54, 1.807) is 6.08 Å². The van der Waals surface area contributed by atoms with Crippen molar-refractivity contribution in [2.45, 2.75) is 0 Å². The molecule has 9 heavy (non-hydrogen) atoms. The summed E-state index contributed by atoms with van der Waals surface area (Å²) < 4.78 is 0. The van der Waals surface area contributed by atoms with Gasteiger partial charge in [-0.15, -0.1) is 0 Å². The van der Waals surface area contributed by atoms with Crippen LogP contribution in [0.5, 0.6) is 0 Å². The quantitative estimate of drug-likeness (QED) is 0.530. The lowest BCUT2D eigenvalue weighted by Crippen LogP contribution is -2.15. The number of rotatable bonds is 0. The predicted molar refractivity (Wildman–Crippen MR) is 40.5 cm³/mol. The number of likely N-dealkylation sites (N-methyl/N-ethyl adjacent to an activating group) is 1. The molecule has 0 aliphatic carbocycles. The van der Waals surface area contributed by atoms with Gasteiger partial charge in [0.05, 0.1) is 11.6 Å². The summed E-state index contributed by atoms with van der Waals surface area (Å²) in [6, 6.07) is 0. The van der Waals surface area contributed by atoms with Crippen molar-refractivity contribution in [3.63, 3.8) is 0 Å². The van der Waals surface area contributed by atoms with Gasteiger partial charge >= 0.3 is 0 Å². The molecule has 0 saturated carbocycles. The molecule has 0 spiro atoms. The molecule has 1 rings (SSSR count). The Morgan fingerprint density at radius 3 is 2.67 bits per heavy atom. The molecule has 0 radical (unpaired) electrons. The zero-order valence-electron chi connectivity index (χ0n) is 5.06. The second-order valence-corrected chi connectivity index (χ2v) is 2.94. The van der Waals surface area contributed by atoms with Crippen LogP contribution in [-0.2, 0) is 0 Å². The second-order valence-electron chi connectivity index (χ2n) is 2.02. The molecule has 1 aliphatic rings. The highest BCUT2D eigenvalue weighted by Gasteiger charge is 2.03. The summed E-state index contributed by atoms with van der Waals surface area (Å²) in [5, 5.41) is 1.47. The van der Waals surface area contributed by atoms with Crippen molar-refractivity contribution in [3.05, 3.63) is 22.3 Å². The summed E-state index contributed by atoms with van der Waals surface area (Å²) >= 11 is 11.4. The predicted octanol–water partition coefficient (Wildman–Crippen LogP) is 2.13. The van der Waals surface area contributed by atoms with Crippen molar-refractivity contribution in [2.75, 3.05) is 13.6 Å². The molecule has 1 nitrogen and oxygen atoms in total. The number of allylic oxidation sites excluding steroid dienone is 2. The molecule has 0 aromatic carbocycles. The number of hydrogen-bond acceptors (Lipinski definition) is 1. The Balaban J connectivity index is 2.74. The van der Waals surface area contributed by atoms with E-state index in [2.05, 4.69) is 0 Å². The fraction of sp³-hybridized carbons (Fsp3) is 0.333. The highest BCUT2D eigenvalue weighted by atomic mass is 35.5. The molecule has 1 aliphatic heterocycles. The first kappa shape index (κ1) is 6.97. The van der Waals surface area contributed by atoms with Crippen LogP contribution < -0.4 is 0 Å². The highest BCUT2D eigenvalue weighted by Crippen LogP contribution is 2.17. The van der Waals surface area contributed by atoms with Crippen LogP contribution in [-0.4, -0.2) is 18.5 Å². The van der Waals surface area contributed by atoms with Crippen molar-refractivity contribution in [2.24, 2.45) is 0 Å². The van der Waals surface area contributed by atoms with Crippen LogP contribution in [0, 0.1) is 0 Å². The Morgan fingerprint density at radius 2 is 2.22 bits per heavy atom. The molecule has 1 heterocycles. The Hall–Kier alpha value is -0.140. The smallest absolute Gasteiger partial charge is 0.0576 e. The zero-order chi connectivity index (χ0) is 6.85. The van der Waals surface area contributed by atoms with Crippen molar-refractivity contribution < 1.29 is 0 Å². The van der Waals surface area contributed by atoms with Gasteiger partial charge in [-0.05, 0) is 6.08 Å². The van der Waals surface area contributed by atoms with Crippen LogP contribution in [0.3, 0.4) is 0 Å². The van der Waals surface area contributed by atoms with Gasteiger partial charge in [-0.25, -0.2) is 0 Å². The molecule has 0 unspecified atom stereocenters. The second kappa shape index (κ2) is 2.63. The molecule has 0 amide bonds. The van der Waals surface area contributed by atoms with E-state index in [0.29, 0.717) is 5.03 Å². The van der Waals surface area contributed by atoms with E-state index in [1.807, 2.05) is 18.1 Å². The Kier molecular flexibility index (Phi) is 2.04. The summed E-state index contributed by atoms with van der Waals surface area (Å²) in [5.41, 5.74) is 0. The summed E-state index contributed by atoms with van der Waals surface area (Å²) in [6.07, 6.45) is 3.59. The van der Waals surface area contributed by atoms with Crippen molar-refractivity contribution in [3.8, 4) is 0 Å². The normalized spacial score (nSPS) is 19.2. The minimum Gasteiger partial charge on any atom is -0.374 e. The van der Waals surface area contributed by atoms with Crippen molar-refractivity contribution in [1.82, 2.24) is 4.90 Å². The molecular formula is C6H7Cl2N. The fourth-order valence-corrected chi connectivity index (χ4v) is 1.39. The van der Waals surface area contributed by atoms with Crippen LogP contribution in [0.4, 0.5) is 0 Å². The van der Waals surface area contributed by atoms with Crippen LogP contribution in [0.1, 0.15) is 0 Å².